The van der Waals surface area contributed by atoms with Crippen LogP contribution in [0, 0.1) is 10.1 Å². The summed E-state index contributed by atoms with van der Waals surface area (Å²) in [7, 11) is 1.54. The average Bonchev–Trinajstić information content (AvgIpc) is 2.49. The molecule has 0 aliphatic carbocycles. The van der Waals surface area contributed by atoms with E-state index in [4.69, 9.17) is 4.74 Å². The summed E-state index contributed by atoms with van der Waals surface area (Å²) in [6.07, 6.45) is 0.763. The molecule has 0 radical (unpaired) electrons. The Morgan fingerprint density at radius 3 is 2.76 bits per heavy atom. The van der Waals surface area contributed by atoms with Gasteiger partial charge in [-0.2, -0.15) is 0 Å². The minimum absolute atomic E-state index is 0.0457. The zero-order chi connectivity index (χ0) is 15.8. The number of rotatable bonds is 8. The van der Waals surface area contributed by atoms with Crippen LogP contribution in [0.3, 0.4) is 0 Å². The Morgan fingerprint density at radius 2 is 2.19 bits per heavy atom. The first-order valence-corrected chi connectivity index (χ1v) is 6.82. The van der Waals surface area contributed by atoms with E-state index in [1.54, 1.807) is 13.0 Å². The summed E-state index contributed by atoms with van der Waals surface area (Å²) in [4.78, 5) is 22.6. The Bertz CT molecular complexity index is 505. The molecule has 0 saturated carbocycles. The number of nitro groups is 1. The van der Waals surface area contributed by atoms with Crippen molar-refractivity contribution in [3.63, 3.8) is 0 Å². The predicted molar refractivity (Wildman–Crippen MR) is 80.7 cm³/mol. The fraction of sp³-hybridized carbons (Fsp3) is 0.500. The summed E-state index contributed by atoms with van der Waals surface area (Å²) in [5.74, 6) is -0.481. The monoisotopic (exact) mass is 295 g/mol. The fourth-order valence-electron chi connectivity index (χ4n) is 1.67. The SMILES string of the molecule is CCCNc1ccc([N+](=O)[O-])c(C(=O)NCC(C)OC)c1. The molecule has 2 N–H and O–H groups in total. The second-order valence-corrected chi connectivity index (χ2v) is 4.67. The summed E-state index contributed by atoms with van der Waals surface area (Å²) >= 11 is 0. The van der Waals surface area contributed by atoms with Gasteiger partial charge in [0.1, 0.15) is 5.56 Å². The second-order valence-electron chi connectivity index (χ2n) is 4.67. The summed E-state index contributed by atoms with van der Waals surface area (Å²) < 4.78 is 5.03. The highest BCUT2D eigenvalue weighted by Crippen LogP contribution is 2.22. The summed E-state index contributed by atoms with van der Waals surface area (Å²) in [5.41, 5.74) is 0.524. The Balaban J connectivity index is 2.94. The highest BCUT2D eigenvalue weighted by atomic mass is 16.6. The van der Waals surface area contributed by atoms with Crippen LogP contribution >= 0.6 is 0 Å². The molecule has 116 valence electrons. The van der Waals surface area contributed by atoms with Gasteiger partial charge in [0.05, 0.1) is 11.0 Å². The highest BCUT2D eigenvalue weighted by molar-refractivity contribution is 5.99. The van der Waals surface area contributed by atoms with Crippen LogP contribution < -0.4 is 10.6 Å². The van der Waals surface area contributed by atoms with Gasteiger partial charge in [0.25, 0.3) is 11.6 Å². The van der Waals surface area contributed by atoms with E-state index < -0.39 is 10.8 Å². The molecule has 1 amide bonds. The molecule has 0 fully saturated rings. The Hall–Kier alpha value is -2.15. The molecule has 0 aliphatic heterocycles. The normalized spacial score (nSPS) is 11.8. The lowest BCUT2D eigenvalue weighted by Gasteiger charge is -2.12. The van der Waals surface area contributed by atoms with Crippen molar-refractivity contribution < 1.29 is 14.5 Å². The van der Waals surface area contributed by atoms with E-state index >= 15 is 0 Å². The van der Waals surface area contributed by atoms with Crippen molar-refractivity contribution in [1.82, 2.24) is 5.32 Å². The molecular weight excluding hydrogens is 274 g/mol. The van der Waals surface area contributed by atoms with Crippen LogP contribution in [0.15, 0.2) is 18.2 Å². The van der Waals surface area contributed by atoms with Crippen LogP contribution in [0.25, 0.3) is 0 Å². The lowest BCUT2D eigenvalue weighted by molar-refractivity contribution is -0.385. The smallest absolute Gasteiger partial charge is 0.282 e. The molecule has 21 heavy (non-hydrogen) atoms. The molecule has 1 rings (SSSR count). The molecular formula is C14H21N3O4. The first-order chi connectivity index (χ1) is 9.99. The zero-order valence-electron chi connectivity index (χ0n) is 12.5. The van der Waals surface area contributed by atoms with E-state index in [2.05, 4.69) is 10.6 Å². The topological polar surface area (TPSA) is 93.5 Å². The number of anilines is 1. The van der Waals surface area contributed by atoms with Crippen LogP contribution in [-0.4, -0.2) is 37.1 Å². The minimum atomic E-state index is -0.557. The third-order valence-corrected chi connectivity index (χ3v) is 2.97. The maximum absolute atomic E-state index is 12.1. The molecule has 7 nitrogen and oxygen atoms in total. The van der Waals surface area contributed by atoms with Gasteiger partial charge in [-0.3, -0.25) is 14.9 Å². The van der Waals surface area contributed by atoms with Crippen molar-refractivity contribution in [3.8, 4) is 0 Å². The number of carbonyl (C=O) groups excluding carboxylic acids is 1. The number of benzene rings is 1. The van der Waals surface area contributed by atoms with Crippen LogP contribution in [0.1, 0.15) is 30.6 Å². The Labute approximate surface area is 123 Å². The zero-order valence-corrected chi connectivity index (χ0v) is 12.5. The Morgan fingerprint density at radius 1 is 1.48 bits per heavy atom. The standard InChI is InChI=1S/C14H21N3O4/c1-4-7-15-11-5-6-13(17(19)20)12(8-11)14(18)16-9-10(2)21-3/h5-6,8,10,15H,4,7,9H2,1-3H3,(H,16,18). The van der Waals surface area contributed by atoms with Gasteiger partial charge in [-0.25, -0.2) is 0 Å². The predicted octanol–water partition coefficient (Wildman–Crippen LogP) is 2.18. The van der Waals surface area contributed by atoms with E-state index in [0.29, 0.717) is 12.2 Å². The van der Waals surface area contributed by atoms with Gasteiger partial charge >= 0.3 is 0 Å². The summed E-state index contributed by atoms with van der Waals surface area (Å²) in [5, 5.41) is 16.8. The van der Waals surface area contributed by atoms with E-state index in [1.165, 1.54) is 19.2 Å². The molecule has 0 bridgehead atoms. The molecule has 1 unspecified atom stereocenters. The van der Waals surface area contributed by atoms with E-state index in [-0.39, 0.29) is 17.4 Å². The number of nitro benzene ring substituents is 1. The van der Waals surface area contributed by atoms with Gasteiger partial charge in [-0.15, -0.1) is 0 Å². The van der Waals surface area contributed by atoms with Crippen molar-refractivity contribution in [2.24, 2.45) is 0 Å². The van der Waals surface area contributed by atoms with E-state index in [1.807, 2.05) is 6.92 Å². The number of nitrogens with one attached hydrogen (secondary N) is 2. The molecule has 7 heteroatoms. The first-order valence-electron chi connectivity index (χ1n) is 6.82. The molecule has 0 aromatic heterocycles. The molecule has 0 saturated heterocycles. The molecule has 0 spiro atoms. The maximum Gasteiger partial charge on any atom is 0.282 e. The molecule has 0 heterocycles. The number of carbonyl (C=O) groups is 1. The summed E-state index contributed by atoms with van der Waals surface area (Å²) in [6.45, 7) is 4.84. The molecule has 1 aromatic rings. The lowest BCUT2D eigenvalue weighted by atomic mass is 10.1. The van der Waals surface area contributed by atoms with Crippen LogP contribution in [0.2, 0.25) is 0 Å². The lowest BCUT2D eigenvalue weighted by Crippen LogP contribution is -2.32. The molecule has 1 atom stereocenters. The van der Waals surface area contributed by atoms with Gasteiger partial charge in [-0.1, -0.05) is 6.92 Å². The van der Waals surface area contributed by atoms with Gasteiger partial charge in [0.15, 0.2) is 0 Å². The van der Waals surface area contributed by atoms with Crippen LogP contribution in [0.5, 0.6) is 0 Å². The van der Waals surface area contributed by atoms with Crippen LogP contribution in [0.4, 0.5) is 11.4 Å². The third-order valence-electron chi connectivity index (χ3n) is 2.97. The third kappa shape index (κ3) is 5.03. The second kappa shape index (κ2) is 8.21. The minimum Gasteiger partial charge on any atom is -0.385 e. The number of methoxy groups -OCH3 is 1. The van der Waals surface area contributed by atoms with Crippen molar-refractivity contribution >= 4 is 17.3 Å². The molecule has 0 aliphatic rings. The van der Waals surface area contributed by atoms with Crippen molar-refractivity contribution in [2.75, 3.05) is 25.5 Å². The van der Waals surface area contributed by atoms with Gasteiger partial charge in [-0.05, 0) is 25.5 Å². The number of hydrogen-bond acceptors (Lipinski definition) is 5. The highest BCUT2D eigenvalue weighted by Gasteiger charge is 2.20. The largest absolute Gasteiger partial charge is 0.385 e. The van der Waals surface area contributed by atoms with Gasteiger partial charge < -0.3 is 15.4 Å². The van der Waals surface area contributed by atoms with Crippen molar-refractivity contribution in [1.29, 1.82) is 0 Å². The number of ether oxygens (including phenoxy) is 1. The first kappa shape index (κ1) is 16.9. The Kier molecular flexibility index (Phi) is 6.61. The summed E-state index contributed by atoms with van der Waals surface area (Å²) in [6, 6.07) is 4.44. The van der Waals surface area contributed by atoms with Crippen LogP contribution in [-0.2, 0) is 4.74 Å². The number of amides is 1. The number of nitrogens with zero attached hydrogens (tertiary/aromatic N) is 1. The average molecular weight is 295 g/mol. The van der Waals surface area contributed by atoms with E-state index in [9.17, 15) is 14.9 Å². The quantitative estimate of drug-likeness (QED) is 0.566. The van der Waals surface area contributed by atoms with Gasteiger partial charge in [0.2, 0.25) is 0 Å². The van der Waals surface area contributed by atoms with Gasteiger partial charge in [0, 0.05) is 32.0 Å². The van der Waals surface area contributed by atoms with Crippen molar-refractivity contribution in [3.05, 3.63) is 33.9 Å². The fourth-order valence-corrected chi connectivity index (χ4v) is 1.67. The number of hydrogen-bond donors (Lipinski definition) is 2. The molecule has 1 aromatic carbocycles. The van der Waals surface area contributed by atoms with E-state index in [0.717, 1.165) is 13.0 Å². The maximum atomic E-state index is 12.1. The van der Waals surface area contributed by atoms with Crippen molar-refractivity contribution in [2.45, 2.75) is 26.4 Å².